The first-order chi connectivity index (χ1) is 14.8. The molecular weight excluding hydrogens is 424 g/mol. The highest BCUT2D eigenvalue weighted by atomic mass is 28.4. The lowest BCUT2D eigenvalue weighted by Gasteiger charge is -2.50. The molecule has 0 spiro atoms. The summed E-state index contributed by atoms with van der Waals surface area (Å²) < 4.78 is 13.2. The van der Waals surface area contributed by atoms with Gasteiger partial charge in [0.2, 0.25) is 0 Å². The Labute approximate surface area is 198 Å². The van der Waals surface area contributed by atoms with Crippen LogP contribution in [-0.2, 0) is 9.16 Å². The fourth-order valence-corrected chi connectivity index (χ4v) is 12.1. The molecule has 1 aliphatic rings. The largest absolute Gasteiger partial charge is 0.412 e. The minimum atomic E-state index is -2.08. The maximum absolute atomic E-state index is 6.65. The van der Waals surface area contributed by atoms with E-state index in [1.807, 2.05) is 0 Å². The van der Waals surface area contributed by atoms with Gasteiger partial charge in [0.05, 0.1) is 18.3 Å². The van der Waals surface area contributed by atoms with Crippen LogP contribution in [0.25, 0.3) is 0 Å². The van der Waals surface area contributed by atoms with Gasteiger partial charge in [-0.15, -0.1) is 0 Å². The second-order valence-corrected chi connectivity index (χ2v) is 21.8. The number of hydrogen-bond acceptors (Lipinski definition) is 2. The Hall–Kier alpha value is -1.21. The molecule has 0 radical (unpaired) electrons. The lowest BCUT2D eigenvalue weighted by Crippen LogP contribution is -2.67. The van der Waals surface area contributed by atoms with Crippen molar-refractivity contribution >= 4 is 26.8 Å². The summed E-state index contributed by atoms with van der Waals surface area (Å²) in [4.78, 5) is 0. The highest BCUT2D eigenvalue weighted by Crippen LogP contribution is 2.44. The highest BCUT2D eigenvalue weighted by Gasteiger charge is 2.52. The highest BCUT2D eigenvalue weighted by molar-refractivity contribution is 7.04. The SMILES string of the molecule is C[C@H](O[Si](C)(C)C(C)(C)C)[C@H]1C[C@@H](C[Si](c2ccccc2)(c2ccccc2)C(C)(C)C)O1. The molecule has 4 heteroatoms. The van der Waals surface area contributed by atoms with E-state index in [4.69, 9.17) is 9.16 Å². The molecule has 176 valence electrons. The molecule has 1 heterocycles. The molecule has 2 aromatic rings. The van der Waals surface area contributed by atoms with Gasteiger partial charge in [-0.2, -0.15) is 0 Å². The van der Waals surface area contributed by atoms with Crippen LogP contribution in [0.4, 0.5) is 0 Å². The molecule has 2 aromatic carbocycles. The molecule has 0 aromatic heterocycles. The van der Waals surface area contributed by atoms with E-state index in [2.05, 4.69) is 122 Å². The molecule has 1 saturated heterocycles. The Balaban J connectivity index is 1.83. The Bertz CT molecular complexity index is 820. The van der Waals surface area contributed by atoms with Crippen LogP contribution < -0.4 is 10.4 Å². The number of rotatable bonds is 7. The molecule has 3 atom stereocenters. The number of benzene rings is 2. The van der Waals surface area contributed by atoms with Gasteiger partial charge in [-0.25, -0.2) is 0 Å². The summed E-state index contributed by atoms with van der Waals surface area (Å²) in [6.07, 6.45) is 1.77. The third-order valence-corrected chi connectivity index (χ3v) is 18.9. The molecule has 0 N–H and O–H groups in total. The maximum Gasteiger partial charge on any atom is 0.192 e. The van der Waals surface area contributed by atoms with Crippen LogP contribution in [0.1, 0.15) is 54.9 Å². The molecule has 2 nitrogen and oxygen atoms in total. The summed E-state index contributed by atoms with van der Waals surface area (Å²) in [5, 5.41) is 3.42. The average Bonchev–Trinajstić information content (AvgIpc) is 2.66. The summed E-state index contributed by atoms with van der Waals surface area (Å²) in [7, 11) is -3.87. The van der Waals surface area contributed by atoms with Crippen molar-refractivity contribution in [2.45, 2.75) is 102 Å². The van der Waals surface area contributed by atoms with Crippen LogP contribution in [0, 0.1) is 0 Å². The Morgan fingerprint density at radius 3 is 1.66 bits per heavy atom. The maximum atomic E-state index is 6.65. The van der Waals surface area contributed by atoms with Gasteiger partial charge in [-0.1, -0.05) is 113 Å². The third kappa shape index (κ3) is 4.99. The van der Waals surface area contributed by atoms with Gasteiger partial charge < -0.3 is 9.16 Å². The Morgan fingerprint density at radius 1 is 0.844 bits per heavy atom. The summed E-state index contributed by atoms with van der Waals surface area (Å²) in [6.45, 7) is 21.1. The van der Waals surface area contributed by atoms with Crippen LogP contribution in [0.5, 0.6) is 0 Å². The Kier molecular flexibility index (Phi) is 7.31. The minimum absolute atomic E-state index is 0.159. The summed E-state index contributed by atoms with van der Waals surface area (Å²) >= 11 is 0. The lowest BCUT2D eigenvalue weighted by atomic mass is 10.0. The fourth-order valence-electron chi connectivity index (χ4n) is 5.01. The molecule has 32 heavy (non-hydrogen) atoms. The monoisotopic (exact) mass is 468 g/mol. The van der Waals surface area contributed by atoms with Crippen molar-refractivity contribution in [1.29, 1.82) is 0 Å². The van der Waals surface area contributed by atoms with Crippen LogP contribution in [0.2, 0.25) is 29.2 Å². The molecule has 0 amide bonds. The zero-order valence-electron chi connectivity index (χ0n) is 21.7. The van der Waals surface area contributed by atoms with Gasteiger partial charge in [-0.3, -0.25) is 0 Å². The summed E-state index contributed by atoms with van der Waals surface area (Å²) in [5.41, 5.74) is 0. The standard InChI is InChI=1S/C28H44O2Si2/c1-22(30-31(8,9)27(2,3)4)26-20-23(29-26)21-32(28(5,6)7,24-16-12-10-13-17-24)25-18-14-11-15-19-25/h10-19,22-23,26H,20-21H2,1-9H3/t22-,23-,26+/m0/s1. The van der Waals surface area contributed by atoms with Crippen molar-refractivity contribution < 1.29 is 9.16 Å². The molecule has 0 saturated carbocycles. The van der Waals surface area contributed by atoms with E-state index in [1.165, 1.54) is 10.4 Å². The van der Waals surface area contributed by atoms with Crippen molar-refractivity contribution in [3.05, 3.63) is 60.7 Å². The summed E-state index contributed by atoms with van der Waals surface area (Å²) in [5.74, 6) is 0. The van der Waals surface area contributed by atoms with Crippen LogP contribution in [0.3, 0.4) is 0 Å². The van der Waals surface area contributed by atoms with Gasteiger partial charge in [-0.05, 0) is 36.1 Å². The van der Waals surface area contributed by atoms with E-state index in [1.54, 1.807) is 0 Å². The smallest absolute Gasteiger partial charge is 0.192 e. The molecule has 1 fully saturated rings. The van der Waals surface area contributed by atoms with Gasteiger partial charge in [0.25, 0.3) is 0 Å². The normalized spacial score (nSPS) is 21.2. The summed E-state index contributed by atoms with van der Waals surface area (Å²) in [6, 6.07) is 23.6. The van der Waals surface area contributed by atoms with E-state index in [9.17, 15) is 0 Å². The van der Waals surface area contributed by atoms with Gasteiger partial charge in [0.15, 0.2) is 8.32 Å². The van der Waals surface area contributed by atoms with Crippen molar-refractivity contribution in [2.24, 2.45) is 0 Å². The van der Waals surface area contributed by atoms with Crippen LogP contribution in [0.15, 0.2) is 60.7 Å². The van der Waals surface area contributed by atoms with Crippen molar-refractivity contribution in [3.8, 4) is 0 Å². The predicted octanol–water partition coefficient (Wildman–Crippen LogP) is 6.62. The van der Waals surface area contributed by atoms with E-state index in [-0.39, 0.29) is 22.3 Å². The van der Waals surface area contributed by atoms with E-state index >= 15 is 0 Å². The Morgan fingerprint density at radius 2 is 1.28 bits per heavy atom. The van der Waals surface area contributed by atoms with Gasteiger partial charge in [0.1, 0.15) is 8.07 Å². The fraction of sp³-hybridized carbons (Fsp3) is 0.571. The van der Waals surface area contributed by atoms with E-state index in [0.29, 0.717) is 6.10 Å². The predicted molar refractivity (Wildman–Crippen MR) is 143 cm³/mol. The lowest BCUT2D eigenvalue weighted by molar-refractivity contribution is -0.155. The van der Waals surface area contributed by atoms with E-state index < -0.39 is 16.4 Å². The molecule has 3 rings (SSSR count). The second kappa shape index (κ2) is 9.21. The first kappa shape index (κ1) is 25.4. The topological polar surface area (TPSA) is 18.5 Å². The molecule has 0 bridgehead atoms. The molecule has 0 unspecified atom stereocenters. The third-order valence-electron chi connectivity index (χ3n) is 8.02. The van der Waals surface area contributed by atoms with Crippen molar-refractivity contribution in [2.75, 3.05) is 0 Å². The van der Waals surface area contributed by atoms with Crippen molar-refractivity contribution in [1.82, 2.24) is 0 Å². The van der Waals surface area contributed by atoms with Crippen molar-refractivity contribution in [3.63, 3.8) is 0 Å². The number of ether oxygens (including phenoxy) is 1. The quantitative estimate of drug-likeness (QED) is 0.425. The minimum Gasteiger partial charge on any atom is -0.412 e. The molecule has 1 aliphatic heterocycles. The second-order valence-electron chi connectivity index (χ2n) is 12.2. The first-order valence-corrected chi connectivity index (χ1v) is 17.3. The zero-order valence-corrected chi connectivity index (χ0v) is 23.7. The molecule has 0 aliphatic carbocycles. The van der Waals surface area contributed by atoms with E-state index in [0.717, 1.165) is 12.5 Å². The zero-order chi connectivity index (χ0) is 23.8. The van der Waals surface area contributed by atoms with Gasteiger partial charge in [0, 0.05) is 6.42 Å². The number of hydrogen-bond donors (Lipinski definition) is 0. The first-order valence-electron chi connectivity index (χ1n) is 12.2. The average molecular weight is 469 g/mol. The van der Waals surface area contributed by atoms with Crippen LogP contribution in [-0.4, -0.2) is 34.7 Å². The van der Waals surface area contributed by atoms with Crippen LogP contribution >= 0.6 is 0 Å². The molecular formula is C28H44O2Si2. The van der Waals surface area contributed by atoms with Gasteiger partial charge >= 0.3 is 0 Å².